The predicted molar refractivity (Wildman–Crippen MR) is 96.2 cm³/mol. The Hall–Kier alpha value is -0.870. The van der Waals surface area contributed by atoms with Crippen molar-refractivity contribution in [1.82, 2.24) is 0 Å². The number of nitrogens with two attached hydrogens (primary N) is 1. The number of hydrogen-bond donors (Lipinski definition) is 1. The third kappa shape index (κ3) is 3.02. The predicted octanol–water partition coefficient (Wildman–Crippen LogP) is 5.73. The molecule has 0 aliphatic carbocycles. The zero-order chi connectivity index (χ0) is 15.0. The summed E-state index contributed by atoms with van der Waals surface area (Å²) in [7, 11) is 0. The van der Waals surface area contributed by atoms with E-state index in [0.717, 1.165) is 16.5 Å². The maximum atomic E-state index is 6.58. The van der Waals surface area contributed by atoms with Gasteiger partial charge in [-0.2, -0.15) is 0 Å². The molecule has 1 aromatic heterocycles. The smallest absolute Gasteiger partial charge is 0.0467 e. The van der Waals surface area contributed by atoms with Crippen molar-refractivity contribution >= 4 is 49.0 Å². The van der Waals surface area contributed by atoms with E-state index < -0.39 is 5.54 Å². The summed E-state index contributed by atoms with van der Waals surface area (Å²) in [5.41, 5.74) is 8.33. The molecule has 0 radical (unpaired) electrons. The molecule has 0 saturated heterocycles. The second-order valence-corrected chi connectivity index (χ2v) is 7.71. The van der Waals surface area contributed by atoms with Crippen LogP contribution in [0.4, 0.5) is 0 Å². The molecule has 3 rings (SSSR count). The van der Waals surface area contributed by atoms with Crippen LogP contribution in [0.1, 0.15) is 18.1 Å². The van der Waals surface area contributed by atoms with Gasteiger partial charge in [0, 0.05) is 19.7 Å². The third-order valence-corrected chi connectivity index (χ3v) is 5.48. The van der Waals surface area contributed by atoms with Crippen molar-refractivity contribution in [3.05, 3.63) is 68.5 Å². The highest BCUT2D eigenvalue weighted by molar-refractivity contribution is 9.10. The van der Waals surface area contributed by atoms with E-state index in [0.29, 0.717) is 5.02 Å². The zero-order valence-electron chi connectivity index (χ0n) is 11.6. The van der Waals surface area contributed by atoms with E-state index in [1.165, 1.54) is 15.6 Å². The molecule has 0 bridgehead atoms. The Labute approximate surface area is 141 Å². The van der Waals surface area contributed by atoms with Gasteiger partial charge in [-0.1, -0.05) is 51.8 Å². The molecule has 21 heavy (non-hydrogen) atoms. The van der Waals surface area contributed by atoms with Gasteiger partial charge in [0.2, 0.25) is 0 Å². The van der Waals surface area contributed by atoms with Crippen LogP contribution in [0.2, 0.25) is 5.02 Å². The average Bonchev–Trinajstić information content (AvgIpc) is 2.81. The van der Waals surface area contributed by atoms with Gasteiger partial charge < -0.3 is 5.73 Å². The molecule has 0 saturated carbocycles. The number of benzene rings is 2. The molecule has 1 unspecified atom stereocenters. The SMILES string of the molecule is CC(N)(Cc1csc2ccccc12)c1ccc(Br)cc1Cl. The lowest BCUT2D eigenvalue weighted by Gasteiger charge is -2.26. The molecule has 0 amide bonds. The van der Waals surface area contributed by atoms with Crippen LogP contribution < -0.4 is 5.73 Å². The topological polar surface area (TPSA) is 26.0 Å². The van der Waals surface area contributed by atoms with Crippen molar-refractivity contribution in [3.63, 3.8) is 0 Å². The van der Waals surface area contributed by atoms with Gasteiger partial charge in [-0.25, -0.2) is 0 Å². The first-order valence-electron chi connectivity index (χ1n) is 6.67. The van der Waals surface area contributed by atoms with Gasteiger partial charge in [-0.3, -0.25) is 0 Å². The van der Waals surface area contributed by atoms with Gasteiger partial charge >= 0.3 is 0 Å². The first kappa shape index (κ1) is 15.0. The lowest BCUT2D eigenvalue weighted by molar-refractivity contribution is 0.494. The van der Waals surface area contributed by atoms with Crippen LogP contribution in [0, 0.1) is 0 Å². The van der Waals surface area contributed by atoms with Gasteiger partial charge in [0.15, 0.2) is 0 Å². The van der Waals surface area contributed by atoms with Crippen LogP contribution >= 0.6 is 38.9 Å². The van der Waals surface area contributed by atoms with Crippen molar-refractivity contribution in [2.45, 2.75) is 18.9 Å². The fourth-order valence-corrected chi connectivity index (χ4v) is 4.47. The fraction of sp³-hybridized carbons (Fsp3) is 0.176. The van der Waals surface area contributed by atoms with Crippen LogP contribution in [0.25, 0.3) is 10.1 Å². The Morgan fingerprint density at radius 1 is 1.24 bits per heavy atom. The van der Waals surface area contributed by atoms with Crippen molar-refractivity contribution in [1.29, 1.82) is 0 Å². The Morgan fingerprint density at radius 3 is 2.76 bits per heavy atom. The average molecular weight is 381 g/mol. The Balaban J connectivity index is 1.99. The molecule has 1 heterocycles. The lowest BCUT2D eigenvalue weighted by Crippen LogP contribution is -2.35. The summed E-state index contributed by atoms with van der Waals surface area (Å²) in [6, 6.07) is 14.3. The molecular formula is C17H15BrClNS. The quantitative estimate of drug-likeness (QED) is 0.616. The number of fused-ring (bicyclic) bond motifs is 1. The number of thiophene rings is 1. The van der Waals surface area contributed by atoms with E-state index in [9.17, 15) is 0 Å². The first-order valence-corrected chi connectivity index (χ1v) is 8.72. The molecule has 0 fully saturated rings. The van der Waals surface area contributed by atoms with Gasteiger partial charge in [-0.05, 0) is 53.4 Å². The molecule has 1 nitrogen and oxygen atoms in total. The molecule has 1 atom stereocenters. The molecule has 108 valence electrons. The number of hydrogen-bond acceptors (Lipinski definition) is 2. The van der Waals surface area contributed by atoms with Crippen molar-refractivity contribution in [2.75, 3.05) is 0 Å². The van der Waals surface area contributed by atoms with Gasteiger partial charge in [-0.15, -0.1) is 11.3 Å². The highest BCUT2D eigenvalue weighted by atomic mass is 79.9. The monoisotopic (exact) mass is 379 g/mol. The summed E-state index contributed by atoms with van der Waals surface area (Å²) in [6.07, 6.45) is 0.762. The summed E-state index contributed by atoms with van der Waals surface area (Å²) in [5.74, 6) is 0. The van der Waals surface area contributed by atoms with Crippen molar-refractivity contribution in [2.24, 2.45) is 5.73 Å². The normalized spacial score (nSPS) is 14.3. The molecule has 0 aliphatic heterocycles. The van der Waals surface area contributed by atoms with E-state index in [4.69, 9.17) is 17.3 Å². The van der Waals surface area contributed by atoms with Gasteiger partial charge in [0.25, 0.3) is 0 Å². The number of rotatable bonds is 3. The molecule has 3 aromatic rings. The number of halogens is 2. The minimum absolute atomic E-state index is 0.498. The zero-order valence-corrected chi connectivity index (χ0v) is 14.7. The Kier molecular flexibility index (Phi) is 4.10. The van der Waals surface area contributed by atoms with E-state index in [-0.39, 0.29) is 0 Å². The lowest BCUT2D eigenvalue weighted by atomic mass is 9.86. The summed E-state index contributed by atoms with van der Waals surface area (Å²) in [6.45, 7) is 2.04. The van der Waals surface area contributed by atoms with Crippen LogP contribution in [0.3, 0.4) is 0 Å². The molecule has 0 spiro atoms. The molecule has 4 heteroatoms. The second kappa shape index (κ2) is 5.73. The molecule has 2 aromatic carbocycles. The maximum Gasteiger partial charge on any atom is 0.0467 e. The van der Waals surface area contributed by atoms with Crippen LogP contribution in [-0.2, 0) is 12.0 Å². The van der Waals surface area contributed by atoms with Gasteiger partial charge in [0.05, 0.1) is 0 Å². The van der Waals surface area contributed by atoms with E-state index in [2.05, 4.69) is 45.6 Å². The highest BCUT2D eigenvalue weighted by Gasteiger charge is 2.25. The van der Waals surface area contributed by atoms with Gasteiger partial charge in [0.1, 0.15) is 0 Å². The third-order valence-electron chi connectivity index (χ3n) is 3.67. The minimum Gasteiger partial charge on any atom is -0.321 e. The standard InChI is InChI=1S/C17H15BrClNS/c1-17(20,14-7-6-12(18)8-15(14)19)9-11-10-21-16-5-3-2-4-13(11)16/h2-8,10H,9,20H2,1H3. The second-order valence-electron chi connectivity index (χ2n) is 5.48. The largest absolute Gasteiger partial charge is 0.321 e. The van der Waals surface area contributed by atoms with Crippen LogP contribution in [0.5, 0.6) is 0 Å². The summed E-state index contributed by atoms with van der Waals surface area (Å²) in [4.78, 5) is 0. The molecule has 2 N–H and O–H groups in total. The van der Waals surface area contributed by atoms with Crippen LogP contribution in [0.15, 0.2) is 52.3 Å². The summed E-state index contributed by atoms with van der Waals surface area (Å²) >= 11 is 11.6. The van der Waals surface area contributed by atoms with Crippen molar-refractivity contribution < 1.29 is 0 Å². The van der Waals surface area contributed by atoms with Crippen LogP contribution in [-0.4, -0.2) is 0 Å². The van der Waals surface area contributed by atoms with Crippen molar-refractivity contribution in [3.8, 4) is 0 Å². The maximum absolute atomic E-state index is 6.58. The molecule has 0 aliphatic rings. The van der Waals surface area contributed by atoms with E-state index in [1.54, 1.807) is 11.3 Å². The Bertz CT molecular complexity index is 794. The minimum atomic E-state index is -0.498. The molecular weight excluding hydrogens is 366 g/mol. The first-order chi connectivity index (χ1) is 9.97. The Morgan fingerprint density at radius 2 is 2.00 bits per heavy atom. The highest BCUT2D eigenvalue weighted by Crippen LogP contribution is 2.34. The fourth-order valence-electron chi connectivity index (χ4n) is 2.61. The van der Waals surface area contributed by atoms with E-state index in [1.807, 2.05) is 25.1 Å². The summed E-state index contributed by atoms with van der Waals surface area (Å²) < 4.78 is 2.26. The van der Waals surface area contributed by atoms with E-state index >= 15 is 0 Å². The summed E-state index contributed by atoms with van der Waals surface area (Å²) in [5, 5.41) is 4.18.